The second-order valence-corrected chi connectivity index (χ2v) is 6.92. The molecule has 2 aromatic rings. The third kappa shape index (κ3) is 3.60. The van der Waals surface area contributed by atoms with Gasteiger partial charge < -0.3 is 4.74 Å². The maximum atomic E-state index is 12.1. The molecule has 2 N–H and O–H groups in total. The SMILES string of the molecule is O=S(=O)(NCc1nn[nH]n1)c1ccc(OC2CCCC2)cc1. The number of aromatic amines is 1. The average Bonchev–Trinajstić information content (AvgIpc) is 3.19. The molecule has 22 heavy (non-hydrogen) atoms. The molecule has 0 atom stereocenters. The van der Waals surface area contributed by atoms with Crippen molar-refractivity contribution < 1.29 is 13.2 Å². The molecule has 118 valence electrons. The summed E-state index contributed by atoms with van der Waals surface area (Å²) in [5, 5.41) is 13.0. The van der Waals surface area contributed by atoms with E-state index in [1.54, 1.807) is 12.1 Å². The Morgan fingerprint density at radius 1 is 1.23 bits per heavy atom. The van der Waals surface area contributed by atoms with Gasteiger partial charge in [-0.1, -0.05) is 5.21 Å². The van der Waals surface area contributed by atoms with E-state index in [2.05, 4.69) is 25.3 Å². The highest BCUT2D eigenvalue weighted by Gasteiger charge is 2.18. The van der Waals surface area contributed by atoms with Gasteiger partial charge in [0.2, 0.25) is 10.0 Å². The molecule has 0 radical (unpaired) electrons. The van der Waals surface area contributed by atoms with Crippen LogP contribution in [-0.2, 0) is 16.6 Å². The lowest BCUT2D eigenvalue weighted by Gasteiger charge is -2.13. The highest BCUT2D eigenvalue weighted by atomic mass is 32.2. The molecule has 8 nitrogen and oxygen atoms in total. The minimum absolute atomic E-state index is 0.0147. The van der Waals surface area contributed by atoms with Crippen LogP contribution in [0.15, 0.2) is 29.2 Å². The molecule has 9 heteroatoms. The third-order valence-corrected chi connectivity index (χ3v) is 4.97. The van der Waals surface area contributed by atoms with Crippen LogP contribution in [0.3, 0.4) is 0 Å². The fraction of sp³-hybridized carbons (Fsp3) is 0.462. The van der Waals surface area contributed by atoms with E-state index in [0.717, 1.165) is 12.8 Å². The van der Waals surface area contributed by atoms with Gasteiger partial charge in [0.1, 0.15) is 5.75 Å². The molecular formula is C13H17N5O3S. The molecule has 0 aliphatic heterocycles. The molecule has 1 saturated carbocycles. The number of hydrogen-bond acceptors (Lipinski definition) is 6. The van der Waals surface area contributed by atoms with Crippen LogP contribution in [0.1, 0.15) is 31.5 Å². The Labute approximate surface area is 128 Å². The monoisotopic (exact) mass is 323 g/mol. The first kappa shape index (κ1) is 14.9. The van der Waals surface area contributed by atoms with E-state index in [9.17, 15) is 8.42 Å². The van der Waals surface area contributed by atoms with Crippen molar-refractivity contribution in [2.75, 3.05) is 0 Å². The number of aromatic nitrogens is 4. The van der Waals surface area contributed by atoms with Crippen molar-refractivity contribution in [3.8, 4) is 5.75 Å². The number of tetrazole rings is 1. The van der Waals surface area contributed by atoms with E-state index < -0.39 is 10.0 Å². The molecule has 0 spiro atoms. The van der Waals surface area contributed by atoms with Crippen molar-refractivity contribution in [1.82, 2.24) is 25.3 Å². The fourth-order valence-electron chi connectivity index (χ4n) is 2.40. The summed E-state index contributed by atoms with van der Waals surface area (Å²) < 4.78 is 32.5. The Morgan fingerprint density at radius 2 is 1.95 bits per heavy atom. The molecule has 1 heterocycles. The lowest BCUT2D eigenvalue weighted by molar-refractivity contribution is 0.210. The van der Waals surface area contributed by atoms with Gasteiger partial charge in [-0.2, -0.15) is 5.21 Å². The Kier molecular flexibility index (Phi) is 4.34. The number of ether oxygens (including phenoxy) is 1. The summed E-state index contributed by atoms with van der Waals surface area (Å²) in [7, 11) is -3.61. The molecule has 1 aliphatic rings. The minimum atomic E-state index is -3.61. The molecule has 0 amide bonds. The summed E-state index contributed by atoms with van der Waals surface area (Å²) in [6.45, 7) is -0.0147. The molecule has 0 unspecified atom stereocenters. The zero-order valence-electron chi connectivity index (χ0n) is 11.9. The van der Waals surface area contributed by atoms with Crippen molar-refractivity contribution in [3.05, 3.63) is 30.1 Å². The lowest BCUT2D eigenvalue weighted by atomic mass is 10.3. The van der Waals surface area contributed by atoms with Crippen molar-refractivity contribution >= 4 is 10.0 Å². The molecule has 0 bridgehead atoms. The maximum Gasteiger partial charge on any atom is 0.240 e. The fourth-order valence-corrected chi connectivity index (χ4v) is 3.38. The highest BCUT2D eigenvalue weighted by Crippen LogP contribution is 2.24. The van der Waals surface area contributed by atoms with Crippen LogP contribution in [-0.4, -0.2) is 35.1 Å². The molecule has 3 rings (SSSR count). The molecule has 1 fully saturated rings. The van der Waals surface area contributed by atoms with Crippen LogP contribution >= 0.6 is 0 Å². The third-order valence-electron chi connectivity index (χ3n) is 3.55. The van der Waals surface area contributed by atoms with E-state index in [1.165, 1.54) is 25.0 Å². The summed E-state index contributed by atoms with van der Waals surface area (Å²) in [6.07, 6.45) is 4.76. The quantitative estimate of drug-likeness (QED) is 0.820. The summed E-state index contributed by atoms with van der Waals surface area (Å²) in [5.41, 5.74) is 0. The maximum absolute atomic E-state index is 12.1. The first-order valence-electron chi connectivity index (χ1n) is 7.12. The predicted molar refractivity (Wildman–Crippen MR) is 77.5 cm³/mol. The van der Waals surface area contributed by atoms with Gasteiger partial charge in [0.15, 0.2) is 5.82 Å². The number of nitrogens with zero attached hydrogens (tertiary/aromatic N) is 3. The van der Waals surface area contributed by atoms with Crippen LogP contribution in [0, 0.1) is 0 Å². The van der Waals surface area contributed by atoms with Crippen LogP contribution in [0.2, 0.25) is 0 Å². The van der Waals surface area contributed by atoms with Gasteiger partial charge in [0.05, 0.1) is 17.5 Å². The zero-order valence-corrected chi connectivity index (χ0v) is 12.7. The van der Waals surface area contributed by atoms with Gasteiger partial charge >= 0.3 is 0 Å². The predicted octanol–water partition coefficient (Wildman–Crippen LogP) is 1.000. The van der Waals surface area contributed by atoms with Crippen LogP contribution in [0.25, 0.3) is 0 Å². The largest absolute Gasteiger partial charge is 0.490 e. The lowest BCUT2D eigenvalue weighted by Crippen LogP contribution is -2.23. The zero-order chi connectivity index (χ0) is 15.4. The normalized spacial score (nSPS) is 16.0. The van der Waals surface area contributed by atoms with Gasteiger partial charge in [0.25, 0.3) is 0 Å². The van der Waals surface area contributed by atoms with Crippen LogP contribution in [0.4, 0.5) is 0 Å². The Hall–Kier alpha value is -2.00. The first-order chi connectivity index (χ1) is 10.6. The second-order valence-electron chi connectivity index (χ2n) is 5.15. The highest BCUT2D eigenvalue weighted by molar-refractivity contribution is 7.89. The standard InChI is InChI=1S/C13H17N5O3S/c19-22(20,14-9-13-15-17-18-16-13)12-7-5-11(6-8-12)21-10-3-1-2-4-10/h5-8,10,14H,1-4,9H2,(H,15,16,17,18). The van der Waals surface area contributed by atoms with E-state index in [0.29, 0.717) is 5.75 Å². The molecule has 0 saturated heterocycles. The minimum Gasteiger partial charge on any atom is -0.490 e. The van der Waals surface area contributed by atoms with E-state index in [1.807, 2.05) is 0 Å². The summed E-state index contributed by atoms with van der Waals surface area (Å²) >= 11 is 0. The smallest absolute Gasteiger partial charge is 0.240 e. The van der Waals surface area contributed by atoms with Crippen LogP contribution in [0.5, 0.6) is 5.75 Å². The topological polar surface area (TPSA) is 110 Å². The molecule has 1 aliphatic carbocycles. The number of rotatable bonds is 6. The number of benzene rings is 1. The Morgan fingerprint density at radius 3 is 2.59 bits per heavy atom. The first-order valence-corrected chi connectivity index (χ1v) is 8.60. The summed E-state index contributed by atoms with van der Waals surface area (Å²) in [6, 6.07) is 6.42. The number of sulfonamides is 1. The van der Waals surface area contributed by atoms with E-state index in [-0.39, 0.29) is 23.4 Å². The van der Waals surface area contributed by atoms with Crippen molar-refractivity contribution in [1.29, 1.82) is 0 Å². The van der Waals surface area contributed by atoms with E-state index in [4.69, 9.17) is 4.74 Å². The Bertz CT molecular complexity index is 694. The average molecular weight is 323 g/mol. The van der Waals surface area contributed by atoms with Gasteiger partial charge in [-0.15, -0.1) is 10.2 Å². The van der Waals surface area contributed by atoms with Crippen molar-refractivity contribution in [2.45, 2.75) is 43.2 Å². The molecule has 1 aromatic heterocycles. The molecular weight excluding hydrogens is 306 g/mol. The Balaban J connectivity index is 1.63. The van der Waals surface area contributed by atoms with E-state index >= 15 is 0 Å². The molecule has 1 aromatic carbocycles. The van der Waals surface area contributed by atoms with Crippen molar-refractivity contribution in [2.24, 2.45) is 0 Å². The summed E-state index contributed by atoms with van der Waals surface area (Å²) in [5.74, 6) is 0.980. The van der Waals surface area contributed by atoms with Gasteiger partial charge in [0, 0.05) is 0 Å². The van der Waals surface area contributed by atoms with Gasteiger partial charge in [-0.3, -0.25) is 0 Å². The van der Waals surface area contributed by atoms with Crippen LogP contribution < -0.4 is 9.46 Å². The number of hydrogen-bond donors (Lipinski definition) is 2. The van der Waals surface area contributed by atoms with Gasteiger partial charge in [-0.05, 0) is 49.9 Å². The summed E-state index contributed by atoms with van der Waals surface area (Å²) in [4.78, 5) is 0.176. The number of H-pyrrole nitrogens is 1. The van der Waals surface area contributed by atoms with Gasteiger partial charge in [-0.25, -0.2) is 13.1 Å². The number of nitrogens with one attached hydrogen (secondary N) is 2. The van der Waals surface area contributed by atoms with Crippen molar-refractivity contribution in [3.63, 3.8) is 0 Å². The second kappa shape index (κ2) is 6.41.